The molecule has 0 fully saturated rings. The van der Waals surface area contributed by atoms with Gasteiger partial charge in [-0.05, 0) is 31.0 Å². The number of aromatic nitrogens is 3. The van der Waals surface area contributed by atoms with Crippen LogP contribution in [0, 0.1) is 13.8 Å². The van der Waals surface area contributed by atoms with Gasteiger partial charge in [-0.25, -0.2) is 9.67 Å². The van der Waals surface area contributed by atoms with E-state index in [1.54, 1.807) is 4.68 Å². The van der Waals surface area contributed by atoms with Crippen LogP contribution in [0.25, 0.3) is 11.4 Å². The normalized spacial score (nSPS) is 10.7. The lowest BCUT2D eigenvalue weighted by Gasteiger charge is -2.03. The Bertz CT molecular complexity index is 617. The Morgan fingerprint density at radius 2 is 2.05 bits per heavy atom. The second kappa shape index (κ2) is 5.22. The quantitative estimate of drug-likeness (QED) is 0.913. The molecule has 5 heteroatoms. The molecule has 0 saturated carbocycles. The summed E-state index contributed by atoms with van der Waals surface area (Å²) >= 11 is 0. The van der Waals surface area contributed by atoms with Gasteiger partial charge < -0.3 is 5.11 Å². The van der Waals surface area contributed by atoms with Gasteiger partial charge in [0.1, 0.15) is 0 Å². The molecule has 2 aromatic rings. The molecule has 0 atom stereocenters. The molecule has 0 bridgehead atoms. The van der Waals surface area contributed by atoms with E-state index in [2.05, 4.69) is 36.1 Å². The van der Waals surface area contributed by atoms with E-state index in [1.807, 2.05) is 13.1 Å². The number of benzene rings is 1. The number of rotatable bonds is 4. The predicted octanol–water partition coefficient (Wildman–Crippen LogP) is 2.12. The van der Waals surface area contributed by atoms with Gasteiger partial charge in [-0.1, -0.05) is 12.1 Å². The Morgan fingerprint density at radius 1 is 1.32 bits per heavy atom. The summed E-state index contributed by atoms with van der Waals surface area (Å²) in [5.74, 6) is 0.502. The van der Waals surface area contributed by atoms with Gasteiger partial charge in [-0.15, -0.1) is 0 Å². The van der Waals surface area contributed by atoms with E-state index in [-0.39, 0.29) is 6.42 Å². The molecule has 0 saturated heterocycles. The van der Waals surface area contributed by atoms with Crippen LogP contribution < -0.4 is 0 Å². The summed E-state index contributed by atoms with van der Waals surface area (Å²) in [6, 6.07) is 6.13. The zero-order chi connectivity index (χ0) is 14.0. The van der Waals surface area contributed by atoms with Crippen molar-refractivity contribution >= 4 is 5.97 Å². The molecule has 0 aliphatic carbocycles. The van der Waals surface area contributed by atoms with Gasteiger partial charge in [-0.2, -0.15) is 5.10 Å². The SMILES string of the molecule is Cc1ccc(-c2nc(CCC(=O)O)nn2C)cc1C. The van der Waals surface area contributed by atoms with Crippen LogP contribution in [0.3, 0.4) is 0 Å². The molecular formula is C14H17N3O2. The number of carboxylic acids is 1. The van der Waals surface area contributed by atoms with Crippen LogP contribution in [0.1, 0.15) is 23.4 Å². The predicted molar refractivity (Wildman–Crippen MR) is 71.9 cm³/mol. The molecule has 0 spiro atoms. The molecular weight excluding hydrogens is 242 g/mol. The number of hydrogen-bond acceptors (Lipinski definition) is 3. The minimum absolute atomic E-state index is 0.0520. The molecule has 0 radical (unpaired) electrons. The maximum Gasteiger partial charge on any atom is 0.303 e. The third kappa shape index (κ3) is 2.99. The van der Waals surface area contributed by atoms with Crippen LogP contribution in [0.2, 0.25) is 0 Å². The van der Waals surface area contributed by atoms with Crippen LogP contribution in [-0.2, 0) is 18.3 Å². The van der Waals surface area contributed by atoms with Crippen molar-refractivity contribution in [3.05, 3.63) is 35.2 Å². The van der Waals surface area contributed by atoms with E-state index in [0.29, 0.717) is 12.2 Å². The molecule has 1 N–H and O–H groups in total. The number of nitrogens with zero attached hydrogens (tertiary/aromatic N) is 3. The number of hydrogen-bond donors (Lipinski definition) is 1. The smallest absolute Gasteiger partial charge is 0.303 e. The number of carbonyl (C=O) groups is 1. The average Bonchev–Trinajstić information content (AvgIpc) is 2.72. The fourth-order valence-corrected chi connectivity index (χ4v) is 1.89. The Labute approximate surface area is 111 Å². The molecule has 0 unspecified atom stereocenters. The Balaban J connectivity index is 2.29. The van der Waals surface area contributed by atoms with Gasteiger partial charge in [0.25, 0.3) is 0 Å². The highest BCUT2D eigenvalue weighted by molar-refractivity contribution is 5.67. The van der Waals surface area contributed by atoms with Gasteiger partial charge in [0.05, 0.1) is 6.42 Å². The molecule has 0 aliphatic heterocycles. The Morgan fingerprint density at radius 3 is 2.68 bits per heavy atom. The van der Waals surface area contributed by atoms with Crippen LogP contribution in [-0.4, -0.2) is 25.8 Å². The molecule has 100 valence electrons. The molecule has 1 aromatic carbocycles. The fourth-order valence-electron chi connectivity index (χ4n) is 1.89. The van der Waals surface area contributed by atoms with Crippen LogP contribution in [0.4, 0.5) is 0 Å². The van der Waals surface area contributed by atoms with Crippen LogP contribution in [0.15, 0.2) is 18.2 Å². The minimum atomic E-state index is -0.833. The zero-order valence-electron chi connectivity index (χ0n) is 11.3. The van der Waals surface area contributed by atoms with Crippen molar-refractivity contribution in [1.29, 1.82) is 0 Å². The first kappa shape index (κ1) is 13.3. The highest BCUT2D eigenvalue weighted by atomic mass is 16.4. The van der Waals surface area contributed by atoms with Crippen molar-refractivity contribution in [2.24, 2.45) is 7.05 Å². The molecule has 1 heterocycles. The third-order valence-corrected chi connectivity index (χ3v) is 3.13. The Hall–Kier alpha value is -2.17. The fraction of sp³-hybridized carbons (Fsp3) is 0.357. The number of carboxylic acid groups (broad SMARTS) is 1. The maximum absolute atomic E-state index is 10.6. The minimum Gasteiger partial charge on any atom is -0.481 e. The molecule has 19 heavy (non-hydrogen) atoms. The average molecular weight is 259 g/mol. The lowest BCUT2D eigenvalue weighted by atomic mass is 10.1. The molecule has 5 nitrogen and oxygen atoms in total. The highest BCUT2D eigenvalue weighted by Gasteiger charge is 2.11. The summed E-state index contributed by atoms with van der Waals surface area (Å²) in [5.41, 5.74) is 3.43. The van der Waals surface area contributed by atoms with E-state index >= 15 is 0 Å². The van der Waals surface area contributed by atoms with Crippen molar-refractivity contribution in [2.45, 2.75) is 26.7 Å². The van der Waals surface area contributed by atoms with Gasteiger partial charge in [0.15, 0.2) is 11.6 Å². The van der Waals surface area contributed by atoms with E-state index in [1.165, 1.54) is 11.1 Å². The lowest BCUT2D eigenvalue weighted by molar-refractivity contribution is -0.137. The van der Waals surface area contributed by atoms with E-state index in [4.69, 9.17) is 5.11 Å². The van der Waals surface area contributed by atoms with Crippen LogP contribution >= 0.6 is 0 Å². The van der Waals surface area contributed by atoms with Gasteiger partial charge in [0, 0.05) is 19.0 Å². The highest BCUT2D eigenvalue weighted by Crippen LogP contribution is 2.20. The maximum atomic E-state index is 10.6. The second-order valence-corrected chi connectivity index (χ2v) is 4.67. The third-order valence-electron chi connectivity index (χ3n) is 3.13. The zero-order valence-corrected chi connectivity index (χ0v) is 11.3. The van der Waals surface area contributed by atoms with E-state index in [0.717, 1.165) is 11.4 Å². The topological polar surface area (TPSA) is 68.0 Å². The summed E-state index contributed by atoms with van der Waals surface area (Å²) in [6.45, 7) is 4.12. The molecule has 0 aliphatic rings. The summed E-state index contributed by atoms with van der Waals surface area (Å²) < 4.78 is 1.70. The van der Waals surface area contributed by atoms with Gasteiger partial charge in [-0.3, -0.25) is 4.79 Å². The van der Waals surface area contributed by atoms with E-state index in [9.17, 15) is 4.79 Å². The largest absolute Gasteiger partial charge is 0.481 e. The first-order valence-electron chi connectivity index (χ1n) is 6.16. The molecule has 0 amide bonds. The van der Waals surface area contributed by atoms with Crippen molar-refractivity contribution in [1.82, 2.24) is 14.8 Å². The number of aryl methyl sites for hydroxylation is 4. The first-order chi connectivity index (χ1) is 8.97. The molecule has 1 aromatic heterocycles. The number of aliphatic carboxylic acids is 1. The first-order valence-corrected chi connectivity index (χ1v) is 6.16. The van der Waals surface area contributed by atoms with E-state index < -0.39 is 5.97 Å². The second-order valence-electron chi connectivity index (χ2n) is 4.67. The van der Waals surface area contributed by atoms with Gasteiger partial charge in [0.2, 0.25) is 0 Å². The standard InChI is InChI=1S/C14H17N3O2/c1-9-4-5-11(8-10(9)2)14-15-12(16-17(14)3)6-7-13(18)19/h4-5,8H,6-7H2,1-3H3,(H,18,19). The van der Waals surface area contributed by atoms with Crippen LogP contribution in [0.5, 0.6) is 0 Å². The van der Waals surface area contributed by atoms with Crippen molar-refractivity contribution in [3.8, 4) is 11.4 Å². The van der Waals surface area contributed by atoms with Crippen molar-refractivity contribution in [2.75, 3.05) is 0 Å². The summed E-state index contributed by atoms with van der Waals surface area (Å²) in [6.07, 6.45) is 0.407. The lowest BCUT2D eigenvalue weighted by Crippen LogP contribution is -1.99. The summed E-state index contributed by atoms with van der Waals surface area (Å²) in [4.78, 5) is 15.0. The summed E-state index contributed by atoms with van der Waals surface area (Å²) in [5, 5.41) is 12.9. The van der Waals surface area contributed by atoms with Gasteiger partial charge >= 0.3 is 5.97 Å². The van der Waals surface area contributed by atoms with Crippen molar-refractivity contribution < 1.29 is 9.90 Å². The Kier molecular flexibility index (Phi) is 3.64. The summed E-state index contributed by atoms with van der Waals surface area (Å²) in [7, 11) is 1.82. The van der Waals surface area contributed by atoms with Crippen molar-refractivity contribution in [3.63, 3.8) is 0 Å². The monoisotopic (exact) mass is 259 g/mol. The molecule has 2 rings (SSSR count).